The zero-order chi connectivity index (χ0) is 18.8. The molecule has 3 aromatic heterocycles. The van der Waals surface area contributed by atoms with Gasteiger partial charge in [-0.1, -0.05) is 41.6 Å². The van der Waals surface area contributed by atoms with Crippen molar-refractivity contribution in [3.05, 3.63) is 77.2 Å². The van der Waals surface area contributed by atoms with E-state index in [1.54, 1.807) is 16.9 Å². The van der Waals surface area contributed by atoms with Gasteiger partial charge in [-0.15, -0.1) is 0 Å². The molecule has 1 N–H and O–H groups in total. The van der Waals surface area contributed by atoms with Crippen molar-refractivity contribution in [3.8, 4) is 0 Å². The summed E-state index contributed by atoms with van der Waals surface area (Å²) >= 11 is 7.43. The second-order valence-corrected chi connectivity index (χ2v) is 7.07. The highest BCUT2D eigenvalue weighted by molar-refractivity contribution is 7.98. The van der Waals surface area contributed by atoms with Crippen LogP contribution in [0.1, 0.15) is 16.1 Å². The zero-order valence-corrected chi connectivity index (χ0v) is 16.0. The molecule has 0 spiro atoms. The van der Waals surface area contributed by atoms with Crippen molar-refractivity contribution in [1.82, 2.24) is 19.2 Å². The average Bonchev–Trinajstić information content (AvgIpc) is 3.28. The number of amides is 1. The first-order chi connectivity index (χ1) is 13.2. The van der Waals surface area contributed by atoms with Crippen LogP contribution in [0, 0.1) is 0 Å². The van der Waals surface area contributed by atoms with Crippen LogP contribution in [-0.2, 0) is 6.54 Å². The Labute approximate surface area is 165 Å². The second-order valence-electron chi connectivity index (χ2n) is 5.86. The van der Waals surface area contributed by atoms with Gasteiger partial charge in [-0.3, -0.25) is 9.20 Å². The van der Waals surface area contributed by atoms with Gasteiger partial charge in [0.1, 0.15) is 5.82 Å². The maximum atomic E-state index is 12.8. The minimum atomic E-state index is -0.267. The summed E-state index contributed by atoms with van der Waals surface area (Å²) in [5.41, 5.74) is 2.19. The number of nitrogens with one attached hydrogen (secondary N) is 1. The SMILES string of the molecule is CSc1nc(C(=O)Nc2ccnn2Cc2ccc(Cl)cc2)c2ccccn12. The number of benzene rings is 1. The number of pyridine rings is 1. The molecule has 0 saturated carbocycles. The Morgan fingerprint density at radius 1 is 1.19 bits per heavy atom. The van der Waals surface area contributed by atoms with E-state index < -0.39 is 0 Å². The first-order valence-electron chi connectivity index (χ1n) is 8.24. The molecule has 4 rings (SSSR count). The van der Waals surface area contributed by atoms with E-state index in [1.807, 2.05) is 59.3 Å². The van der Waals surface area contributed by atoms with Crippen LogP contribution in [0.25, 0.3) is 5.52 Å². The number of hydrogen-bond acceptors (Lipinski definition) is 4. The largest absolute Gasteiger partial charge is 0.305 e. The maximum absolute atomic E-state index is 12.8. The average molecular weight is 398 g/mol. The molecule has 8 heteroatoms. The predicted molar refractivity (Wildman–Crippen MR) is 108 cm³/mol. The number of halogens is 1. The maximum Gasteiger partial charge on any atom is 0.277 e. The molecular weight excluding hydrogens is 382 g/mol. The van der Waals surface area contributed by atoms with Crippen molar-refractivity contribution in [2.24, 2.45) is 0 Å². The first kappa shape index (κ1) is 17.6. The van der Waals surface area contributed by atoms with E-state index in [0.29, 0.717) is 23.1 Å². The summed E-state index contributed by atoms with van der Waals surface area (Å²) in [4.78, 5) is 17.3. The lowest BCUT2D eigenvalue weighted by atomic mass is 10.2. The molecule has 0 fully saturated rings. The van der Waals surface area contributed by atoms with Crippen molar-refractivity contribution in [3.63, 3.8) is 0 Å². The lowest BCUT2D eigenvalue weighted by Crippen LogP contribution is -2.17. The Kier molecular flexibility index (Phi) is 4.87. The van der Waals surface area contributed by atoms with Crippen molar-refractivity contribution in [2.45, 2.75) is 11.7 Å². The quantitative estimate of drug-likeness (QED) is 0.512. The summed E-state index contributed by atoms with van der Waals surface area (Å²) in [7, 11) is 0. The molecular formula is C19H16ClN5OS. The lowest BCUT2D eigenvalue weighted by molar-refractivity contribution is 0.102. The number of carbonyl (C=O) groups is 1. The number of rotatable bonds is 5. The summed E-state index contributed by atoms with van der Waals surface area (Å²) in [5, 5.41) is 8.68. The van der Waals surface area contributed by atoms with E-state index in [9.17, 15) is 4.79 Å². The standard InChI is InChI=1S/C19H16ClN5OS/c1-27-19-23-17(15-4-2-3-11-24(15)19)18(26)22-16-9-10-21-25(16)12-13-5-7-14(20)8-6-13/h2-11H,12H2,1H3,(H,22,26). The summed E-state index contributed by atoms with van der Waals surface area (Å²) < 4.78 is 3.64. The molecule has 0 unspecified atom stereocenters. The van der Waals surface area contributed by atoms with E-state index in [0.717, 1.165) is 16.2 Å². The van der Waals surface area contributed by atoms with E-state index in [-0.39, 0.29) is 5.91 Å². The molecule has 136 valence electrons. The topological polar surface area (TPSA) is 64.2 Å². The third-order valence-corrected chi connectivity index (χ3v) is 5.02. The minimum absolute atomic E-state index is 0.267. The fourth-order valence-corrected chi connectivity index (χ4v) is 3.49. The van der Waals surface area contributed by atoms with Crippen LogP contribution in [0.3, 0.4) is 0 Å². The summed E-state index contributed by atoms with van der Waals surface area (Å²) in [6.45, 7) is 0.528. The van der Waals surface area contributed by atoms with Crippen molar-refractivity contribution < 1.29 is 4.79 Å². The number of thioether (sulfide) groups is 1. The molecule has 27 heavy (non-hydrogen) atoms. The fraction of sp³-hybridized carbons (Fsp3) is 0.105. The summed E-state index contributed by atoms with van der Waals surface area (Å²) in [6, 6.07) is 15.0. The third-order valence-electron chi connectivity index (χ3n) is 4.12. The van der Waals surface area contributed by atoms with Gasteiger partial charge >= 0.3 is 0 Å². The lowest BCUT2D eigenvalue weighted by Gasteiger charge is -2.08. The molecule has 1 amide bonds. The van der Waals surface area contributed by atoms with Crippen molar-refractivity contribution >= 4 is 40.6 Å². The molecule has 0 radical (unpaired) electrons. The summed E-state index contributed by atoms with van der Waals surface area (Å²) in [6.07, 6.45) is 5.49. The number of aromatic nitrogens is 4. The predicted octanol–water partition coefficient (Wildman–Crippen LogP) is 4.21. The van der Waals surface area contributed by atoms with Crippen LogP contribution in [0.15, 0.2) is 66.1 Å². The number of carbonyl (C=O) groups excluding carboxylic acids is 1. The van der Waals surface area contributed by atoms with Crippen LogP contribution >= 0.6 is 23.4 Å². The number of nitrogens with zero attached hydrogens (tertiary/aromatic N) is 4. The Morgan fingerprint density at radius 3 is 2.78 bits per heavy atom. The van der Waals surface area contributed by atoms with Gasteiger partial charge in [0.05, 0.1) is 18.3 Å². The van der Waals surface area contributed by atoms with Gasteiger partial charge in [0.15, 0.2) is 10.9 Å². The van der Waals surface area contributed by atoms with Gasteiger partial charge in [0, 0.05) is 17.3 Å². The van der Waals surface area contributed by atoms with Crippen LogP contribution in [0.4, 0.5) is 5.82 Å². The first-order valence-corrected chi connectivity index (χ1v) is 9.84. The van der Waals surface area contributed by atoms with E-state index >= 15 is 0 Å². The van der Waals surface area contributed by atoms with Gasteiger partial charge in [0.25, 0.3) is 5.91 Å². The van der Waals surface area contributed by atoms with Gasteiger partial charge in [-0.05, 0) is 36.1 Å². The van der Waals surface area contributed by atoms with Crippen LogP contribution in [-0.4, -0.2) is 31.3 Å². The molecule has 3 heterocycles. The highest BCUT2D eigenvalue weighted by atomic mass is 35.5. The normalized spacial score (nSPS) is 11.0. The number of hydrogen-bond donors (Lipinski definition) is 1. The van der Waals surface area contributed by atoms with Crippen molar-refractivity contribution in [1.29, 1.82) is 0 Å². The Balaban J connectivity index is 1.59. The molecule has 6 nitrogen and oxygen atoms in total. The molecule has 0 atom stereocenters. The molecule has 0 aliphatic carbocycles. The molecule has 1 aromatic carbocycles. The minimum Gasteiger partial charge on any atom is -0.305 e. The highest BCUT2D eigenvalue weighted by Crippen LogP contribution is 2.21. The third kappa shape index (κ3) is 3.56. The highest BCUT2D eigenvalue weighted by Gasteiger charge is 2.18. The fourth-order valence-electron chi connectivity index (χ4n) is 2.82. The Hall–Kier alpha value is -2.77. The molecule has 4 aromatic rings. The molecule has 0 bridgehead atoms. The van der Waals surface area contributed by atoms with Crippen molar-refractivity contribution in [2.75, 3.05) is 11.6 Å². The van der Waals surface area contributed by atoms with E-state index in [2.05, 4.69) is 15.4 Å². The number of imidazole rings is 1. The monoisotopic (exact) mass is 397 g/mol. The zero-order valence-electron chi connectivity index (χ0n) is 14.5. The number of fused-ring (bicyclic) bond motifs is 1. The van der Waals surface area contributed by atoms with E-state index in [1.165, 1.54) is 11.8 Å². The molecule has 0 aliphatic rings. The molecule has 0 aliphatic heterocycles. The van der Waals surface area contributed by atoms with E-state index in [4.69, 9.17) is 11.6 Å². The van der Waals surface area contributed by atoms with Gasteiger partial charge in [-0.25, -0.2) is 9.67 Å². The Morgan fingerprint density at radius 2 is 2.00 bits per heavy atom. The van der Waals surface area contributed by atoms with Crippen LogP contribution < -0.4 is 5.32 Å². The number of anilines is 1. The molecule has 0 saturated heterocycles. The second kappa shape index (κ2) is 7.46. The smallest absolute Gasteiger partial charge is 0.277 e. The van der Waals surface area contributed by atoms with Gasteiger partial charge < -0.3 is 5.32 Å². The summed E-state index contributed by atoms with van der Waals surface area (Å²) in [5.74, 6) is 0.342. The van der Waals surface area contributed by atoms with Crippen LogP contribution in [0.5, 0.6) is 0 Å². The van der Waals surface area contributed by atoms with Crippen LogP contribution in [0.2, 0.25) is 5.02 Å². The van der Waals surface area contributed by atoms with Gasteiger partial charge in [-0.2, -0.15) is 5.10 Å². The van der Waals surface area contributed by atoms with Gasteiger partial charge in [0.2, 0.25) is 0 Å². The Bertz CT molecular complexity index is 1100.